The van der Waals surface area contributed by atoms with Crippen LogP contribution in [0.3, 0.4) is 0 Å². The molecule has 1 atom stereocenters. The number of carbonyl (C=O) groups is 2. The third-order valence-corrected chi connectivity index (χ3v) is 2.74. The highest BCUT2D eigenvalue weighted by Gasteiger charge is 2.18. The summed E-state index contributed by atoms with van der Waals surface area (Å²) in [4.78, 5) is 22.5. The molecule has 20 heavy (non-hydrogen) atoms. The van der Waals surface area contributed by atoms with Crippen LogP contribution in [0, 0.1) is 0 Å². The highest BCUT2D eigenvalue weighted by atomic mass is 16.5. The Labute approximate surface area is 117 Å². The number of carboxylic acid groups (broad SMARTS) is 1. The van der Waals surface area contributed by atoms with E-state index in [0.29, 0.717) is 17.9 Å². The average Bonchev–Trinajstić information content (AvgIpc) is 2.38. The van der Waals surface area contributed by atoms with Gasteiger partial charge in [-0.2, -0.15) is 0 Å². The van der Waals surface area contributed by atoms with Crippen LogP contribution in [-0.4, -0.2) is 23.8 Å². The molecule has 110 valence electrons. The minimum Gasteiger partial charge on any atom is -0.481 e. The number of carboxylic acids is 1. The third-order valence-electron chi connectivity index (χ3n) is 2.74. The topological polar surface area (TPSA) is 102 Å². The molecule has 1 rings (SSSR count). The fourth-order valence-corrected chi connectivity index (χ4v) is 1.65. The molecule has 0 aliphatic heterocycles. The lowest BCUT2D eigenvalue weighted by Gasteiger charge is -2.17. The summed E-state index contributed by atoms with van der Waals surface area (Å²) >= 11 is 0. The lowest BCUT2D eigenvalue weighted by Crippen LogP contribution is -2.31. The van der Waals surface area contributed by atoms with Crippen LogP contribution in [0.25, 0.3) is 0 Å². The van der Waals surface area contributed by atoms with E-state index in [2.05, 4.69) is 5.32 Å². The Morgan fingerprint density at radius 3 is 2.55 bits per heavy atom. The van der Waals surface area contributed by atoms with Crippen molar-refractivity contribution in [1.29, 1.82) is 0 Å². The number of hydrogen-bond donors (Lipinski definition) is 3. The van der Waals surface area contributed by atoms with Gasteiger partial charge in [0.2, 0.25) is 0 Å². The second-order valence-corrected chi connectivity index (χ2v) is 4.45. The largest absolute Gasteiger partial charge is 0.481 e. The molecule has 0 saturated heterocycles. The first-order valence-electron chi connectivity index (χ1n) is 6.53. The quantitative estimate of drug-likeness (QED) is 0.525. The number of nitrogens with one attached hydrogen (secondary N) is 1. The van der Waals surface area contributed by atoms with Crippen molar-refractivity contribution < 1.29 is 19.4 Å². The number of hydrogen-bond acceptors (Lipinski definition) is 4. The van der Waals surface area contributed by atoms with Gasteiger partial charge in [-0.1, -0.05) is 25.5 Å². The van der Waals surface area contributed by atoms with E-state index < -0.39 is 18.1 Å². The predicted octanol–water partition coefficient (Wildman–Crippen LogP) is 2.31. The summed E-state index contributed by atoms with van der Waals surface area (Å²) in [5.41, 5.74) is 6.83. The minimum absolute atomic E-state index is 0.215. The van der Waals surface area contributed by atoms with Gasteiger partial charge in [0.1, 0.15) is 0 Å². The van der Waals surface area contributed by atoms with E-state index in [9.17, 15) is 9.59 Å². The van der Waals surface area contributed by atoms with Crippen LogP contribution in [0.1, 0.15) is 37.8 Å². The molecule has 1 amide bonds. The molecule has 0 saturated carbocycles. The Bertz CT molecular complexity index is 445. The maximum atomic E-state index is 11.6. The Hall–Kier alpha value is -2.24. The number of aliphatic carboxylic acids is 1. The van der Waals surface area contributed by atoms with Gasteiger partial charge in [0, 0.05) is 5.69 Å². The number of nitrogens with two attached hydrogens (primary N) is 1. The molecule has 6 heteroatoms. The van der Waals surface area contributed by atoms with Crippen LogP contribution in [0.2, 0.25) is 0 Å². The van der Waals surface area contributed by atoms with Gasteiger partial charge in [-0.25, -0.2) is 4.79 Å². The maximum absolute atomic E-state index is 11.6. The Morgan fingerprint density at radius 2 is 2.00 bits per heavy atom. The van der Waals surface area contributed by atoms with Gasteiger partial charge in [-0.15, -0.1) is 0 Å². The molecule has 0 fully saturated rings. The molecule has 6 nitrogen and oxygen atoms in total. The highest BCUT2D eigenvalue weighted by molar-refractivity contribution is 5.72. The molecular formula is C14H20N2O4. The zero-order valence-corrected chi connectivity index (χ0v) is 11.5. The molecule has 1 aromatic carbocycles. The van der Waals surface area contributed by atoms with Crippen molar-refractivity contribution >= 4 is 17.7 Å². The second-order valence-electron chi connectivity index (χ2n) is 4.45. The number of rotatable bonds is 7. The number of alkyl carbamates (subject to hydrolysis) is 1. The van der Waals surface area contributed by atoms with E-state index in [1.165, 1.54) is 0 Å². The normalized spacial score (nSPS) is 11.7. The van der Waals surface area contributed by atoms with Crippen molar-refractivity contribution in [3.8, 4) is 0 Å². The van der Waals surface area contributed by atoms with Crippen molar-refractivity contribution in [2.24, 2.45) is 0 Å². The fraction of sp³-hybridized carbons (Fsp3) is 0.429. The van der Waals surface area contributed by atoms with Gasteiger partial charge in [-0.3, -0.25) is 4.79 Å². The minimum atomic E-state index is -0.999. The molecular weight excluding hydrogens is 260 g/mol. The van der Waals surface area contributed by atoms with E-state index in [4.69, 9.17) is 15.6 Å². The lowest BCUT2D eigenvalue weighted by molar-refractivity contribution is -0.137. The molecule has 4 N–H and O–H groups in total. The number of ether oxygens (including phenoxy) is 1. The molecule has 1 aromatic rings. The molecule has 0 bridgehead atoms. The molecule has 0 aromatic heterocycles. The van der Waals surface area contributed by atoms with Crippen LogP contribution in [0.4, 0.5) is 10.5 Å². The molecule has 0 radical (unpaired) electrons. The number of carbonyl (C=O) groups excluding carboxylic acids is 1. The molecule has 0 aliphatic carbocycles. The molecule has 0 heterocycles. The van der Waals surface area contributed by atoms with E-state index in [1.807, 2.05) is 6.92 Å². The molecule has 0 aliphatic rings. The van der Waals surface area contributed by atoms with Crippen molar-refractivity contribution in [3.05, 3.63) is 29.8 Å². The van der Waals surface area contributed by atoms with Crippen LogP contribution in [-0.2, 0) is 9.53 Å². The average molecular weight is 280 g/mol. The van der Waals surface area contributed by atoms with E-state index in [1.54, 1.807) is 24.3 Å². The Kier molecular flexibility index (Phi) is 6.36. The summed E-state index contributed by atoms with van der Waals surface area (Å²) in [5, 5.41) is 11.5. The first kappa shape index (κ1) is 15.8. The highest BCUT2D eigenvalue weighted by Crippen LogP contribution is 2.18. The van der Waals surface area contributed by atoms with Gasteiger partial charge >= 0.3 is 12.1 Å². The summed E-state index contributed by atoms with van der Waals surface area (Å²) in [6.45, 7) is 2.31. The number of amides is 1. The van der Waals surface area contributed by atoms with Crippen molar-refractivity contribution in [3.63, 3.8) is 0 Å². The summed E-state index contributed by atoms with van der Waals surface area (Å²) < 4.78 is 4.97. The van der Waals surface area contributed by atoms with E-state index in [0.717, 1.165) is 12.8 Å². The van der Waals surface area contributed by atoms with Crippen molar-refractivity contribution in [2.45, 2.75) is 32.2 Å². The summed E-state index contributed by atoms with van der Waals surface area (Å²) in [5.74, 6) is -0.999. The third kappa shape index (κ3) is 5.60. The van der Waals surface area contributed by atoms with Crippen molar-refractivity contribution in [1.82, 2.24) is 5.32 Å². The smallest absolute Gasteiger partial charge is 0.407 e. The number of benzene rings is 1. The van der Waals surface area contributed by atoms with Gasteiger partial charge in [-0.05, 0) is 24.1 Å². The fourth-order valence-electron chi connectivity index (χ4n) is 1.65. The van der Waals surface area contributed by atoms with Crippen LogP contribution in [0.5, 0.6) is 0 Å². The second kappa shape index (κ2) is 8.04. The number of nitrogen functional groups attached to an aromatic ring is 1. The molecule has 1 unspecified atom stereocenters. The number of anilines is 1. The summed E-state index contributed by atoms with van der Waals surface area (Å²) in [7, 11) is 0. The molecule has 0 spiro atoms. The SMILES string of the molecule is CCCCOC(=O)NC(CC(=O)O)c1ccc(N)cc1. The Balaban J connectivity index is 2.67. The lowest BCUT2D eigenvalue weighted by atomic mass is 10.0. The van der Waals surface area contributed by atoms with Crippen LogP contribution < -0.4 is 11.1 Å². The van der Waals surface area contributed by atoms with Crippen LogP contribution >= 0.6 is 0 Å². The Morgan fingerprint density at radius 1 is 1.35 bits per heavy atom. The van der Waals surface area contributed by atoms with E-state index in [-0.39, 0.29) is 6.42 Å². The first-order chi connectivity index (χ1) is 9.52. The number of unbranched alkanes of at least 4 members (excludes halogenated alkanes) is 1. The van der Waals surface area contributed by atoms with Gasteiger partial charge < -0.3 is 20.9 Å². The first-order valence-corrected chi connectivity index (χ1v) is 6.53. The van der Waals surface area contributed by atoms with Gasteiger partial charge in [0.15, 0.2) is 0 Å². The van der Waals surface area contributed by atoms with Crippen LogP contribution in [0.15, 0.2) is 24.3 Å². The zero-order chi connectivity index (χ0) is 15.0. The predicted molar refractivity (Wildman–Crippen MR) is 75.2 cm³/mol. The summed E-state index contributed by atoms with van der Waals surface area (Å²) in [6.07, 6.45) is 0.872. The van der Waals surface area contributed by atoms with Gasteiger partial charge in [0.25, 0.3) is 0 Å². The monoisotopic (exact) mass is 280 g/mol. The maximum Gasteiger partial charge on any atom is 0.407 e. The van der Waals surface area contributed by atoms with E-state index >= 15 is 0 Å². The van der Waals surface area contributed by atoms with Crippen molar-refractivity contribution in [2.75, 3.05) is 12.3 Å². The van der Waals surface area contributed by atoms with Gasteiger partial charge in [0.05, 0.1) is 19.1 Å². The summed E-state index contributed by atoms with van der Waals surface area (Å²) in [6, 6.07) is 6.06. The standard InChI is InChI=1S/C14H20N2O4/c1-2-3-8-20-14(19)16-12(9-13(17)18)10-4-6-11(15)7-5-10/h4-7,12H,2-3,8-9,15H2,1H3,(H,16,19)(H,17,18). The zero-order valence-electron chi connectivity index (χ0n) is 11.5.